The van der Waals surface area contributed by atoms with Crippen LogP contribution in [0.5, 0.6) is 0 Å². The van der Waals surface area contributed by atoms with Crippen molar-refractivity contribution in [3.63, 3.8) is 0 Å². The van der Waals surface area contributed by atoms with E-state index in [1.807, 2.05) is 34.6 Å². The Morgan fingerprint density at radius 2 is 1.12 bits per heavy atom. The summed E-state index contributed by atoms with van der Waals surface area (Å²) >= 11 is 0. The van der Waals surface area contributed by atoms with E-state index in [4.69, 9.17) is 0 Å². The number of hydrogen-bond acceptors (Lipinski definition) is 13. The first-order chi connectivity index (χ1) is 42.5. The Morgan fingerprint density at radius 1 is 0.556 bits per heavy atom. The van der Waals surface area contributed by atoms with Gasteiger partial charge in [0.15, 0.2) is 0 Å². The summed E-state index contributed by atoms with van der Waals surface area (Å²) in [5, 5.41) is 30.2. The molecule has 8 N–H and O–H groups in total. The van der Waals surface area contributed by atoms with E-state index in [1.165, 1.54) is 51.7 Å². The average Bonchev–Trinajstić information content (AvgIpc) is 2.01. The van der Waals surface area contributed by atoms with Crippen molar-refractivity contribution >= 4 is 70.9 Å². The van der Waals surface area contributed by atoms with Gasteiger partial charge < -0.3 is 66.8 Å². The van der Waals surface area contributed by atoms with E-state index in [-0.39, 0.29) is 50.5 Å². The summed E-state index contributed by atoms with van der Waals surface area (Å²) in [6.45, 7) is 15.3. The minimum Gasteiger partial charge on any atom is -0.391 e. The fourth-order valence-electron chi connectivity index (χ4n) is 11.5. The molecule has 0 spiro atoms. The molecule has 0 aromatic heterocycles. The number of fused-ring (bicyclic) bond motifs is 1. The number of carbonyl (C=O) groups is 12. The third-order valence-electron chi connectivity index (χ3n) is 17.3. The third-order valence-corrected chi connectivity index (χ3v) is 17.3. The first kappa shape index (κ1) is 72.8. The lowest BCUT2D eigenvalue weighted by molar-refractivity contribution is -0.149. The number of rotatable bonds is 12. The Hall–Kier alpha value is -7.96. The van der Waals surface area contributed by atoms with Crippen LogP contribution in [0.2, 0.25) is 0 Å². The second kappa shape index (κ2) is 34.3. The van der Waals surface area contributed by atoms with Crippen LogP contribution in [0.15, 0.2) is 60.7 Å². The van der Waals surface area contributed by atoms with Crippen molar-refractivity contribution in [2.45, 2.75) is 199 Å². The van der Waals surface area contributed by atoms with Gasteiger partial charge in [-0.2, -0.15) is 0 Å². The van der Waals surface area contributed by atoms with Crippen LogP contribution in [0, 0.1) is 17.8 Å². The molecular weight excluding hydrogens is 1160 g/mol. The maximum Gasteiger partial charge on any atom is 0.245 e. The highest BCUT2D eigenvalue weighted by Gasteiger charge is 2.43. The second-order valence-electron chi connectivity index (χ2n) is 25.3. The minimum atomic E-state index is -1.72. The Balaban J connectivity index is 1.58. The number of hydrogen-bond donors (Lipinski definition) is 8. The Morgan fingerprint density at radius 3 is 1.70 bits per heavy atom. The number of carbonyl (C=O) groups excluding carboxylic acids is 12. The third kappa shape index (κ3) is 20.3. The average molecular weight is 1260 g/mol. The maximum absolute atomic E-state index is 14.9. The van der Waals surface area contributed by atoms with E-state index < -0.39 is 156 Å². The molecule has 3 aliphatic heterocycles. The molecule has 12 atom stereocenters. The zero-order chi connectivity index (χ0) is 66.7. The van der Waals surface area contributed by atoms with E-state index >= 15 is 0 Å². The molecule has 0 aliphatic carbocycles. The van der Waals surface area contributed by atoms with Crippen molar-refractivity contribution in [3.05, 3.63) is 71.8 Å². The predicted molar refractivity (Wildman–Crippen MR) is 336 cm³/mol. The molecule has 0 unspecified atom stereocenters. The van der Waals surface area contributed by atoms with Crippen molar-refractivity contribution < 1.29 is 62.6 Å². The van der Waals surface area contributed by atoms with E-state index in [0.29, 0.717) is 49.9 Å². The van der Waals surface area contributed by atoms with Crippen molar-refractivity contribution in [2.75, 3.05) is 47.3 Å². The van der Waals surface area contributed by atoms with E-state index in [9.17, 15) is 62.6 Å². The van der Waals surface area contributed by atoms with Crippen LogP contribution in [-0.2, 0) is 70.4 Å². The van der Waals surface area contributed by atoms with Gasteiger partial charge >= 0.3 is 0 Å². The fraction of sp³-hybridized carbons (Fsp3) is 0.631. The second-order valence-corrected chi connectivity index (χ2v) is 25.3. The molecule has 0 bridgehead atoms. The molecule has 3 aliphatic rings. The molecule has 0 radical (unpaired) electrons. The van der Waals surface area contributed by atoms with Crippen LogP contribution >= 0.6 is 0 Å². The van der Waals surface area contributed by atoms with Crippen LogP contribution in [0.1, 0.15) is 131 Å². The number of nitrogens with zero attached hydrogens (tertiary/aromatic N) is 5. The predicted octanol–water partition coefficient (Wildman–Crippen LogP) is 0.944. The van der Waals surface area contributed by atoms with Crippen molar-refractivity contribution in [3.8, 4) is 0 Å². The fourth-order valence-corrected chi connectivity index (χ4v) is 11.5. The quantitative estimate of drug-likeness (QED) is 0.147. The Bertz CT molecular complexity index is 2830. The van der Waals surface area contributed by atoms with Crippen molar-refractivity contribution in [1.82, 2.24) is 61.7 Å². The van der Waals surface area contributed by atoms with Gasteiger partial charge in [-0.1, -0.05) is 109 Å². The molecule has 25 nitrogen and oxygen atoms in total. The SMILES string of the molecule is CC[C@H](C)[C@@H]1NC(=O)[C@H](CC(C)C)N(C)C(=O)CNC(=O)[C@H](C)NC(=O)C[C@@H](C(=O)N2CCCCC2)NC(=O)[C@@H]2CCCN2C(=O)[C@H](CC(C)C)NC(=O)[C@H](Cc2ccccc2)NC(=O)[C@H]([C@@H](C)O)NC(=O)[C@H](Cc2ccccc2)N(C)C(=O)[C@H](C)N(C)C1=O. The first-order valence-corrected chi connectivity index (χ1v) is 31.8. The molecule has 2 aromatic rings. The molecule has 3 fully saturated rings. The topological polar surface area (TPSA) is 325 Å². The maximum atomic E-state index is 14.9. The van der Waals surface area contributed by atoms with E-state index in [2.05, 4.69) is 37.2 Å². The van der Waals surface area contributed by atoms with Gasteiger partial charge in [0.05, 0.1) is 19.1 Å². The van der Waals surface area contributed by atoms with Gasteiger partial charge in [-0.3, -0.25) is 57.5 Å². The summed E-state index contributed by atoms with van der Waals surface area (Å²) in [6, 6.07) is 4.21. The van der Waals surface area contributed by atoms with Gasteiger partial charge in [-0.05, 0) is 94.6 Å². The summed E-state index contributed by atoms with van der Waals surface area (Å²) in [5.41, 5.74) is 1.22. The van der Waals surface area contributed by atoms with Crippen LogP contribution < -0.4 is 37.2 Å². The lowest BCUT2D eigenvalue weighted by Crippen LogP contribution is -2.62. The number of benzene rings is 2. The van der Waals surface area contributed by atoms with Crippen LogP contribution in [-0.4, -0.2) is 214 Å². The molecule has 90 heavy (non-hydrogen) atoms. The zero-order valence-corrected chi connectivity index (χ0v) is 54.5. The zero-order valence-electron chi connectivity index (χ0n) is 54.5. The first-order valence-electron chi connectivity index (χ1n) is 31.8. The van der Waals surface area contributed by atoms with Crippen LogP contribution in [0.3, 0.4) is 0 Å². The highest BCUT2D eigenvalue weighted by Crippen LogP contribution is 2.23. The van der Waals surface area contributed by atoms with Gasteiger partial charge in [-0.25, -0.2) is 0 Å². The number of aliphatic hydroxyl groups excluding tert-OH is 1. The molecule has 5 rings (SSSR count). The number of likely N-dealkylation sites (tertiary alicyclic amines) is 1. The number of aliphatic hydroxyl groups is 1. The Kier molecular flexibility index (Phi) is 27.7. The minimum absolute atomic E-state index is 0.0892. The van der Waals surface area contributed by atoms with Gasteiger partial charge in [0.1, 0.15) is 60.4 Å². The lowest BCUT2D eigenvalue weighted by atomic mass is 9.95. The van der Waals surface area contributed by atoms with Gasteiger partial charge in [0, 0.05) is 53.6 Å². The van der Waals surface area contributed by atoms with Gasteiger partial charge in [0.2, 0.25) is 70.9 Å². The number of likely N-dealkylation sites (N-methyl/N-ethyl adjacent to an activating group) is 3. The highest BCUT2D eigenvalue weighted by atomic mass is 16.3. The summed E-state index contributed by atoms with van der Waals surface area (Å²) in [5.74, 6) is -9.66. The largest absolute Gasteiger partial charge is 0.391 e. The number of amides is 12. The molecule has 0 saturated carbocycles. The molecule has 12 amide bonds. The van der Waals surface area contributed by atoms with Crippen molar-refractivity contribution in [2.24, 2.45) is 17.8 Å². The van der Waals surface area contributed by atoms with Gasteiger partial charge in [0.25, 0.3) is 0 Å². The van der Waals surface area contributed by atoms with Crippen LogP contribution in [0.25, 0.3) is 0 Å². The summed E-state index contributed by atoms with van der Waals surface area (Å²) in [6.07, 6.45) is 1.05. The number of piperidine rings is 1. The summed E-state index contributed by atoms with van der Waals surface area (Å²) in [4.78, 5) is 180. The molecule has 496 valence electrons. The highest BCUT2D eigenvalue weighted by molar-refractivity contribution is 6.00. The van der Waals surface area contributed by atoms with E-state index in [0.717, 1.165) is 16.2 Å². The van der Waals surface area contributed by atoms with Gasteiger partial charge in [-0.15, -0.1) is 0 Å². The summed E-state index contributed by atoms with van der Waals surface area (Å²) < 4.78 is 0. The Labute approximate surface area is 529 Å². The van der Waals surface area contributed by atoms with E-state index in [1.54, 1.807) is 72.5 Å². The van der Waals surface area contributed by atoms with Crippen molar-refractivity contribution in [1.29, 1.82) is 0 Å². The normalized spacial score (nSPS) is 27.0. The number of nitrogens with one attached hydrogen (secondary N) is 7. The molecule has 25 heteroatoms. The molecule has 3 saturated heterocycles. The lowest BCUT2D eigenvalue weighted by Gasteiger charge is -2.36. The van der Waals surface area contributed by atoms with Crippen LogP contribution in [0.4, 0.5) is 0 Å². The summed E-state index contributed by atoms with van der Waals surface area (Å²) in [7, 11) is 4.15. The monoisotopic (exact) mass is 1250 g/mol. The molecular formula is C65H98N12O13. The molecule has 2 aromatic carbocycles. The smallest absolute Gasteiger partial charge is 0.245 e. The standard InChI is InChI=1S/C65H98N12O13/c1-13-40(6)54-65(90)73(10)42(8)62(87)75(12)51(35-45-26-19-15-20-27-45)60(85)72-55(43(9)78)61(86)68-46(34-44-24-17-14-18-25-44)57(82)69-47(32-38(2)3)64(89)77-31-23-28-49(77)58(83)70-48(63(88)76-29-21-16-22-30-76)36-52(79)67-41(7)56(81)66-37-53(80)74(11)50(33-39(4)5)59(84)71-54/h14-15,17-20,24-27,38-43,46-51,54-55,78H,13,16,21-23,28-37H2,1-12H3,(H,66,81)(H,67,79)(H,68,86)(H,69,82)(H,70,83)(H,71,84)(H,72,85)/t40-,41-,42-,43+,46-,47-,48-,49-,50-,51-,54-,55-/m0/s1. The molecule has 3 heterocycles.